The zero-order valence-corrected chi connectivity index (χ0v) is 14.7. The van der Waals surface area contributed by atoms with Crippen LogP contribution in [0.15, 0.2) is 24.3 Å². The summed E-state index contributed by atoms with van der Waals surface area (Å²) < 4.78 is 0. The highest BCUT2D eigenvalue weighted by Crippen LogP contribution is 2.09. The Morgan fingerprint density at radius 2 is 1.60 bits per heavy atom. The molecule has 1 aromatic rings. The van der Waals surface area contributed by atoms with Crippen molar-refractivity contribution in [2.24, 2.45) is 0 Å². The Kier molecular flexibility index (Phi) is 8.63. The third kappa shape index (κ3) is 7.34. The maximum atomic E-state index is 12.1. The lowest BCUT2D eigenvalue weighted by Crippen LogP contribution is -2.42. The van der Waals surface area contributed by atoms with Gasteiger partial charge in [-0.25, -0.2) is 4.79 Å². The van der Waals surface area contributed by atoms with Crippen LogP contribution in [0.4, 0.5) is 0 Å². The Labute approximate surface area is 147 Å². The number of carboxylic acids is 2. The van der Waals surface area contributed by atoms with Gasteiger partial charge in [-0.15, -0.1) is 0 Å². The van der Waals surface area contributed by atoms with Gasteiger partial charge in [0.15, 0.2) is 0 Å². The average molecular weight is 350 g/mol. The molecule has 7 heteroatoms. The van der Waals surface area contributed by atoms with Crippen LogP contribution in [0.3, 0.4) is 0 Å². The first-order chi connectivity index (χ1) is 11.9. The summed E-state index contributed by atoms with van der Waals surface area (Å²) in [5, 5.41) is 19.9. The van der Waals surface area contributed by atoms with Crippen LogP contribution in [0.1, 0.15) is 49.0 Å². The van der Waals surface area contributed by atoms with Gasteiger partial charge in [0.25, 0.3) is 5.91 Å². The molecule has 0 saturated carbocycles. The first-order valence-corrected chi connectivity index (χ1v) is 8.44. The molecule has 0 aromatic heterocycles. The van der Waals surface area contributed by atoms with Gasteiger partial charge in [-0.2, -0.15) is 0 Å². The second-order valence-corrected chi connectivity index (χ2v) is 5.94. The Bertz CT molecular complexity index is 580. The molecule has 3 N–H and O–H groups in total. The number of nitrogens with zero attached hydrogens (tertiary/aromatic N) is 1. The van der Waals surface area contributed by atoms with Gasteiger partial charge in [-0.05, 0) is 43.6 Å². The van der Waals surface area contributed by atoms with Gasteiger partial charge in [0.1, 0.15) is 6.04 Å². The van der Waals surface area contributed by atoms with Gasteiger partial charge in [0, 0.05) is 12.1 Å². The average Bonchev–Trinajstić information content (AvgIpc) is 2.54. The number of hydrogen-bond acceptors (Lipinski definition) is 4. The van der Waals surface area contributed by atoms with E-state index in [1.165, 1.54) is 0 Å². The van der Waals surface area contributed by atoms with Crippen molar-refractivity contribution in [1.29, 1.82) is 0 Å². The van der Waals surface area contributed by atoms with Crippen LogP contribution in [0, 0.1) is 0 Å². The highest BCUT2D eigenvalue weighted by Gasteiger charge is 2.23. The number of nitrogens with one attached hydrogen (secondary N) is 1. The number of rotatable bonds is 11. The lowest BCUT2D eigenvalue weighted by Gasteiger charge is -2.21. The molecular formula is C18H26N2O5. The quantitative estimate of drug-likeness (QED) is 0.563. The number of amides is 1. The molecular weight excluding hydrogens is 324 g/mol. The zero-order chi connectivity index (χ0) is 18.8. The van der Waals surface area contributed by atoms with Crippen LogP contribution < -0.4 is 5.32 Å². The molecule has 138 valence electrons. The molecule has 0 heterocycles. The molecule has 1 rings (SSSR count). The summed E-state index contributed by atoms with van der Waals surface area (Å²) in [4.78, 5) is 36.1. The monoisotopic (exact) mass is 350 g/mol. The lowest BCUT2D eigenvalue weighted by atomic mass is 10.1. The number of carbonyl (C=O) groups excluding carboxylic acids is 1. The van der Waals surface area contributed by atoms with E-state index in [1.807, 2.05) is 12.1 Å². The Morgan fingerprint density at radius 1 is 1.04 bits per heavy atom. The number of aliphatic carboxylic acids is 2. The number of carboxylic acid groups (broad SMARTS) is 2. The van der Waals surface area contributed by atoms with Gasteiger partial charge in [-0.1, -0.05) is 26.0 Å². The fourth-order valence-electron chi connectivity index (χ4n) is 2.54. The second-order valence-electron chi connectivity index (χ2n) is 5.94. The van der Waals surface area contributed by atoms with Gasteiger partial charge >= 0.3 is 11.9 Å². The van der Waals surface area contributed by atoms with E-state index in [9.17, 15) is 14.4 Å². The van der Waals surface area contributed by atoms with Crippen molar-refractivity contribution in [2.75, 3.05) is 13.1 Å². The molecule has 0 aliphatic heterocycles. The molecule has 0 aliphatic rings. The van der Waals surface area contributed by atoms with Crippen molar-refractivity contribution >= 4 is 17.8 Å². The van der Waals surface area contributed by atoms with E-state index in [0.29, 0.717) is 5.56 Å². The summed E-state index contributed by atoms with van der Waals surface area (Å²) in [7, 11) is 0. The van der Waals surface area contributed by atoms with Gasteiger partial charge in [-0.3, -0.25) is 14.5 Å². The van der Waals surface area contributed by atoms with Crippen molar-refractivity contribution in [3.8, 4) is 0 Å². The third-order valence-corrected chi connectivity index (χ3v) is 3.68. The molecule has 25 heavy (non-hydrogen) atoms. The molecule has 1 atom stereocenters. The van der Waals surface area contributed by atoms with Crippen molar-refractivity contribution in [2.45, 2.75) is 45.7 Å². The molecule has 0 radical (unpaired) electrons. The molecule has 1 aromatic carbocycles. The van der Waals surface area contributed by atoms with Gasteiger partial charge in [0.05, 0.1) is 6.42 Å². The molecule has 0 bridgehead atoms. The van der Waals surface area contributed by atoms with Crippen molar-refractivity contribution in [3.63, 3.8) is 0 Å². The number of carbonyl (C=O) groups is 3. The van der Waals surface area contributed by atoms with Crippen molar-refractivity contribution in [1.82, 2.24) is 10.2 Å². The fourth-order valence-corrected chi connectivity index (χ4v) is 2.54. The maximum absolute atomic E-state index is 12.1. The Hall–Kier alpha value is -2.41. The topological polar surface area (TPSA) is 107 Å². The second kappa shape index (κ2) is 10.5. The lowest BCUT2D eigenvalue weighted by molar-refractivity contribution is -0.145. The standard InChI is InChI=1S/C18H26N2O5/c1-3-9-20(10-4-2)12-13-5-7-14(8-6-13)17(23)19-15(18(24)25)11-16(21)22/h5-8,15H,3-4,9-12H2,1-2H3,(H,19,23)(H,21,22)(H,24,25)/t15-/m0/s1. The summed E-state index contributed by atoms with van der Waals surface area (Å²) in [5.41, 5.74) is 1.37. The van der Waals surface area contributed by atoms with Crippen LogP contribution in [0.2, 0.25) is 0 Å². The first kappa shape index (κ1) is 20.6. The summed E-state index contributed by atoms with van der Waals surface area (Å²) in [5.74, 6) is -3.25. The summed E-state index contributed by atoms with van der Waals surface area (Å²) >= 11 is 0. The Balaban J connectivity index is 2.72. The van der Waals surface area contributed by atoms with Crippen molar-refractivity contribution < 1.29 is 24.6 Å². The molecule has 1 amide bonds. The van der Waals surface area contributed by atoms with Crippen LogP contribution in [0.25, 0.3) is 0 Å². The minimum atomic E-state index is -1.45. The van der Waals surface area contributed by atoms with Gasteiger partial charge < -0.3 is 15.5 Å². The highest BCUT2D eigenvalue weighted by molar-refractivity contribution is 5.97. The van der Waals surface area contributed by atoms with Gasteiger partial charge in [0.2, 0.25) is 0 Å². The smallest absolute Gasteiger partial charge is 0.326 e. The number of benzene rings is 1. The first-order valence-electron chi connectivity index (χ1n) is 8.44. The molecule has 0 spiro atoms. The van der Waals surface area contributed by atoms with E-state index in [4.69, 9.17) is 10.2 Å². The van der Waals surface area contributed by atoms with Crippen LogP contribution >= 0.6 is 0 Å². The third-order valence-electron chi connectivity index (χ3n) is 3.68. The minimum Gasteiger partial charge on any atom is -0.481 e. The summed E-state index contributed by atoms with van der Waals surface area (Å²) in [6, 6.07) is 5.47. The van der Waals surface area contributed by atoms with E-state index < -0.39 is 30.3 Å². The van der Waals surface area contributed by atoms with E-state index in [0.717, 1.165) is 38.0 Å². The van der Waals surface area contributed by atoms with E-state index >= 15 is 0 Å². The fraction of sp³-hybridized carbons (Fsp3) is 0.500. The van der Waals surface area contributed by atoms with Crippen LogP contribution in [-0.2, 0) is 16.1 Å². The van der Waals surface area contributed by atoms with E-state index in [2.05, 4.69) is 24.1 Å². The summed E-state index contributed by atoms with van der Waals surface area (Å²) in [6.07, 6.45) is 1.48. The minimum absolute atomic E-state index is 0.304. The summed E-state index contributed by atoms with van der Waals surface area (Å²) in [6.45, 7) is 7.07. The Morgan fingerprint density at radius 3 is 2.04 bits per heavy atom. The number of hydrogen-bond donors (Lipinski definition) is 3. The SMILES string of the molecule is CCCN(CCC)Cc1ccc(C(=O)N[C@@H](CC(=O)O)C(=O)O)cc1. The van der Waals surface area contributed by atoms with E-state index in [1.54, 1.807) is 12.1 Å². The van der Waals surface area contributed by atoms with Crippen LogP contribution in [0.5, 0.6) is 0 Å². The van der Waals surface area contributed by atoms with Crippen molar-refractivity contribution in [3.05, 3.63) is 35.4 Å². The van der Waals surface area contributed by atoms with E-state index in [-0.39, 0.29) is 0 Å². The highest BCUT2D eigenvalue weighted by atomic mass is 16.4. The van der Waals surface area contributed by atoms with Crippen LogP contribution in [-0.4, -0.2) is 52.1 Å². The predicted octanol–water partition coefficient (Wildman–Crippen LogP) is 1.97. The predicted molar refractivity (Wildman–Crippen MR) is 93.4 cm³/mol. The molecule has 0 unspecified atom stereocenters. The molecule has 7 nitrogen and oxygen atoms in total. The zero-order valence-electron chi connectivity index (χ0n) is 14.7. The molecule has 0 fully saturated rings. The largest absolute Gasteiger partial charge is 0.481 e. The maximum Gasteiger partial charge on any atom is 0.326 e. The molecule has 0 saturated heterocycles. The normalized spacial score (nSPS) is 12.0. The molecule has 0 aliphatic carbocycles.